The zero-order chi connectivity index (χ0) is 13.7. The van der Waals surface area contributed by atoms with E-state index in [1.807, 2.05) is 0 Å². The molecule has 104 valence electrons. The van der Waals surface area contributed by atoms with Gasteiger partial charge in [0.1, 0.15) is 6.04 Å². The summed E-state index contributed by atoms with van der Waals surface area (Å²) in [6, 6.07) is -0.740. The number of nitrogens with zero attached hydrogens (tertiary/aromatic N) is 1. The van der Waals surface area contributed by atoms with Gasteiger partial charge in [0, 0.05) is 13.5 Å². The van der Waals surface area contributed by atoms with Crippen molar-refractivity contribution in [2.45, 2.75) is 58.4 Å². The standard InChI is InChI=1S/C14H25NO3/c1-10(12-7-5-4-6-8-12)9-13(16)15(3)11(2)14(17)18/h10-12H,4-9H2,1-3H3,(H,17,18). The van der Waals surface area contributed by atoms with Crippen molar-refractivity contribution in [2.75, 3.05) is 7.05 Å². The van der Waals surface area contributed by atoms with E-state index in [0.717, 1.165) is 0 Å². The third kappa shape index (κ3) is 4.00. The van der Waals surface area contributed by atoms with Gasteiger partial charge >= 0.3 is 5.97 Å². The van der Waals surface area contributed by atoms with Crippen LogP contribution in [0.5, 0.6) is 0 Å². The Morgan fingerprint density at radius 1 is 1.22 bits per heavy atom. The van der Waals surface area contributed by atoms with E-state index in [9.17, 15) is 9.59 Å². The van der Waals surface area contributed by atoms with Gasteiger partial charge in [0.2, 0.25) is 5.91 Å². The molecular weight excluding hydrogens is 230 g/mol. The Morgan fingerprint density at radius 3 is 2.28 bits per heavy atom. The lowest BCUT2D eigenvalue weighted by Gasteiger charge is -2.29. The van der Waals surface area contributed by atoms with Crippen LogP contribution >= 0.6 is 0 Å². The molecule has 0 spiro atoms. The molecule has 1 saturated carbocycles. The van der Waals surface area contributed by atoms with Gasteiger partial charge in [-0.15, -0.1) is 0 Å². The maximum absolute atomic E-state index is 12.0. The first-order valence-electron chi connectivity index (χ1n) is 6.92. The van der Waals surface area contributed by atoms with Gasteiger partial charge in [-0.05, 0) is 18.8 Å². The second-order valence-corrected chi connectivity index (χ2v) is 5.60. The highest BCUT2D eigenvalue weighted by molar-refractivity contribution is 5.83. The van der Waals surface area contributed by atoms with Gasteiger partial charge in [0.15, 0.2) is 0 Å². The van der Waals surface area contributed by atoms with Gasteiger partial charge in [0.05, 0.1) is 0 Å². The van der Waals surface area contributed by atoms with E-state index in [0.29, 0.717) is 18.3 Å². The van der Waals surface area contributed by atoms with Gasteiger partial charge in [-0.2, -0.15) is 0 Å². The van der Waals surface area contributed by atoms with E-state index in [-0.39, 0.29) is 5.91 Å². The summed E-state index contributed by atoms with van der Waals surface area (Å²) in [4.78, 5) is 24.2. The first-order valence-corrected chi connectivity index (χ1v) is 6.92. The van der Waals surface area contributed by atoms with Crippen molar-refractivity contribution in [3.05, 3.63) is 0 Å². The van der Waals surface area contributed by atoms with Crippen LogP contribution in [0.25, 0.3) is 0 Å². The molecule has 0 radical (unpaired) electrons. The maximum atomic E-state index is 12.0. The van der Waals surface area contributed by atoms with E-state index < -0.39 is 12.0 Å². The minimum Gasteiger partial charge on any atom is -0.480 e. The van der Waals surface area contributed by atoms with Crippen LogP contribution in [0, 0.1) is 11.8 Å². The molecular formula is C14H25NO3. The number of hydrogen-bond donors (Lipinski definition) is 1. The lowest BCUT2D eigenvalue weighted by atomic mass is 9.79. The summed E-state index contributed by atoms with van der Waals surface area (Å²) in [5.74, 6) is -0.00313. The molecule has 0 aromatic carbocycles. The van der Waals surface area contributed by atoms with Crippen molar-refractivity contribution < 1.29 is 14.7 Å². The fraction of sp³-hybridized carbons (Fsp3) is 0.857. The second kappa shape index (κ2) is 6.76. The monoisotopic (exact) mass is 255 g/mol. The average molecular weight is 255 g/mol. The first-order chi connectivity index (χ1) is 8.43. The van der Waals surface area contributed by atoms with Gasteiger partial charge in [-0.25, -0.2) is 4.79 Å². The van der Waals surface area contributed by atoms with Gasteiger partial charge in [-0.3, -0.25) is 4.79 Å². The lowest BCUT2D eigenvalue weighted by molar-refractivity contribution is -0.148. The van der Waals surface area contributed by atoms with E-state index >= 15 is 0 Å². The molecule has 2 unspecified atom stereocenters. The Morgan fingerprint density at radius 2 is 1.78 bits per heavy atom. The van der Waals surface area contributed by atoms with E-state index in [1.54, 1.807) is 14.0 Å². The molecule has 1 N–H and O–H groups in total. The molecule has 2 atom stereocenters. The topological polar surface area (TPSA) is 57.6 Å². The molecule has 0 aromatic rings. The Hall–Kier alpha value is -1.06. The van der Waals surface area contributed by atoms with Crippen molar-refractivity contribution in [1.29, 1.82) is 0 Å². The van der Waals surface area contributed by atoms with Crippen LogP contribution in [0.4, 0.5) is 0 Å². The quantitative estimate of drug-likeness (QED) is 0.821. The van der Waals surface area contributed by atoms with Gasteiger partial charge in [-0.1, -0.05) is 39.0 Å². The van der Waals surface area contributed by atoms with Crippen molar-refractivity contribution >= 4 is 11.9 Å². The summed E-state index contributed by atoms with van der Waals surface area (Å²) in [5, 5.41) is 8.89. The fourth-order valence-corrected chi connectivity index (χ4v) is 2.67. The number of carboxylic acid groups (broad SMARTS) is 1. The SMILES string of the molecule is CC(CC(=O)N(C)C(C)C(=O)O)C1CCCCC1. The average Bonchev–Trinajstić information content (AvgIpc) is 2.37. The lowest BCUT2D eigenvalue weighted by Crippen LogP contribution is -2.41. The number of likely N-dealkylation sites (N-methyl/N-ethyl adjacent to an activating group) is 1. The molecule has 0 bridgehead atoms. The first kappa shape index (κ1) is 15.0. The number of aliphatic carboxylic acids is 1. The molecule has 0 aliphatic heterocycles. The number of hydrogen-bond acceptors (Lipinski definition) is 2. The Labute approximate surface area is 109 Å². The highest BCUT2D eigenvalue weighted by atomic mass is 16.4. The van der Waals surface area contributed by atoms with Gasteiger partial charge < -0.3 is 10.0 Å². The molecule has 1 rings (SSSR count). The number of amides is 1. The smallest absolute Gasteiger partial charge is 0.326 e. The summed E-state index contributed by atoms with van der Waals surface area (Å²) < 4.78 is 0. The van der Waals surface area contributed by atoms with Crippen LogP contribution in [0.15, 0.2) is 0 Å². The van der Waals surface area contributed by atoms with Crippen molar-refractivity contribution in [2.24, 2.45) is 11.8 Å². The number of carboxylic acids is 1. The van der Waals surface area contributed by atoms with Gasteiger partial charge in [0.25, 0.3) is 0 Å². The Bertz CT molecular complexity index is 297. The minimum absolute atomic E-state index is 0.0528. The minimum atomic E-state index is -0.948. The van der Waals surface area contributed by atoms with Crippen LogP contribution in [-0.4, -0.2) is 35.0 Å². The summed E-state index contributed by atoms with van der Waals surface area (Å²) >= 11 is 0. The molecule has 0 saturated heterocycles. The molecule has 1 aliphatic carbocycles. The Kier molecular flexibility index (Phi) is 5.63. The second-order valence-electron chi connectivity index (χ2n) is 5.60. The van der Waals surface area contributed by atoms with E-state index in [1.165, 1.54) is 37.0 Å². The zero-order valence-corrected chi connectivity index (χ0v) is 11.7. The predicted octanol–water partition coefficient (Wildman–Crippen LogP) is 2.52. The zero-order valence-electron chi connectivity index (χ0n) is 11.7. The molecule has 0 heterocycles. The van der Waals surface area contributed by atoms with Crippen molar-refractivity contribution in [3.63, 3.8) is 0 Å². The van der Waals surface area contributed by atoms with Crippen molar-refractivity contribution in [3.8, 4) is 0 Å². The third-order valence-electron chi connectivity index (χ3n) is 4.28. The van der Waals surface area contributed by atoms with Crippen LogP contribution in [-0.2, 0) is 9.59 Å². The molecule has 1 fully saturated rings. The maximum Gasteiger partial charge on any atom is 0.326 e. The number of carbonyl (C=O) groups excluding carboxylic acids is 1. The fourth-order valence-electron chi connectivity index (χ4n) is 2.67. The summed E-state index contributed by atoms with van der Waals surface area (Å²) in [6.45, 7) is 3.67. The molecule has 0 aromatic heterocycles. The van der Waals surface area contributed by atoms with E-state index in [4.69, 9.17) is 5.11 Å². The summed E-state index contributed by atoms with van der Waals surface area (Å²) in [5.41, 5.74) is 0. The number of carbonyl (C=O) groups is 2. The highest BCUT2D eigenvalue weighted by Gasteiger charge is 2.26. The normalized spacial score (nSPS) is 20.2. The van der Waals surface area contributed by atoms with Crippen molar-refractivity contribution in [1.82, 2.24) is 4.90 Å². The third-order valence-corrected chi connectivity index (χ3v) is 4.28. The number of rotatable bonds is 5. The highest BCUT2D eigenvalue weighted by Crippen LogP contribution is 2.31. The molecule has 4 nitrogen and oxygen atoms in total. The molecule has 1 amide bonds. The Balaban J connectivity index is 2.45. The largest absolute Gasteiger partial charge is 0.480 e. The van der Waals surface area contributed by atoms with Crippen LogP contribution in [0.3, 0.4) is 0 Å². The molecule has 1 aliphatic rings. The summed E-state index contributed by atoms with van der Waals surface area (Å²) in [6.07, 6.45) is 6.75. The van der Waals surface area contributed by atoms with Crippen LogP contribution < -0.4 is 0 Å². The molecule has 4 heteroatoms. The predicted molar refractivity (Wildman–Crippen MR) is 70.2 cm³/mol. The summed E-state index contributed by atoms with van der Waals surface area (Å²) in [7, 11) is 1.58. The van der Waals surface area contributed by atoms with Crippen LogP contribution in [0.1, 0.15) is 52.4 Å². The molecule has 18 heavy (non-hydrogen) atoms. The van der Waals surface area contributed by atoms with Crippen LogP contribution in [0.2, 0.25) is 0 Å². The van der Waals surface area contributed by atoms with E-state index in [2.05, 4.69) is 6.92 Å².